The first-order chi connectivity index (χ1) is 14.4. The first-order valence-corrected chi connectivity index (χ1v) is 12.2. The molecule has 3 N–H and O–H groups in total. The van der Waals surface area contributed by atoms with Crippen molar-refractivity contribution in [3.05, 3.63) is 36.4 Å². The van der Waals surface area contributed by atoms with E-state index >= 15 is 0 Å². The van der Waals surface area contributed by atoms with Gasteiger partial charge in [-0.15, -0.1) is 0 Å². The fourth-order valence-corrected chi connectivity index (χ4v) is 5.32. The molecule has 1 saturated heterocycles. The molecule has 2 aromatic rings. The molecule has 1 fully saturated rings. The smallest absolute Gasteiger partial charge is 0.241 e. The van der Waals surface area contributed by atoms with E-state index in [2.05, 4.69) is 14.5 Å². The van der Waals surface area contributed by atoms with Crippen molar-refractivity contribution in [2.45, 2.75) is 17.7 Å². The second-order valence-electron chi connectivity index (χ2n) is 8.10. The summed E-state index contributed by atoms with van der Waals surface area (Å²) in [7, 11) is 0.371. The quantitative estimate of drug-likeness (QED) is 0.553. The summed E-state index contributed by atoms with van der Waals surface area (Å²) in [5.41, 5.74) is 6.60. The molecular weight excluding hydrogens is 398 g/mol. The molecular formula is C22H35N5O2S. The molecule has 7 nitrogen and oxygen atoms in total. The van der Waals surface area contributed by atoms with E-state index in [9.17, 15) is 8.42 Å². The summed E-state index contributed by atoms with van der Waals surface area (Å²) in [5, 5.41) is 1.70. The first-order valence-electron chi connectivity index (χ1n) is 10.8. The second kappa shape index (κ2) is 10.5. The Hall–Kier alpha value is -1.71. The van der Waals surface area contributed by atoms with Gasteiger partial charge < -0.3 is 20.4 Å². The van der Waals surface area contributed by atoms with Crippen LogP contribution in [0.5, 0.6) is 0 Å². The predicted molar refractivity (Wildman–Crippen MR) is 125 cm³/mol. The summed E-state index contributed by atoms with van der Waals surface area (Å²) < 4.78 is 28.7. The fourth-order valence-electron chi connectivity index (χ4n) is 4.03. The maximum absolute atomic E-state index is 13.0. The molecule has 0 unspecified atom stereocenters. The molecule has 3 rings (SSSR count). The Bertz CT molecular complexity index is 924. The van der Waals surface area contributed by atoms with Gasteiger partial charge in [-0.25, -0.2) is 13.1 Å². The molecule has 8 heteroatoms. The number of fused-ring (bicyclic) bond motifs is 1. The minimum Gasteiger partial charge on any atom is -0.377 e. The van der Waals surface area contributed by atoms with Crippen molar-refractivity contribution in [3.8, 4) is 0 Å². The van der Waals surface area contributed by atoms with Gasteiger partial charge in [0.2, 0.25) is 10.0 Å². The van der Waals surface area contributed by atoms with Gasteiger partial charge in [0.05, 0.1) is 4.90 Å². The number of nitrogens with two attached hydrogens (primary N) is 1. The van der Waals surface area contributed by atoms with Crippen LogP contribution in [0.2, 0.25) is 0 Å². The Labute approximate surface area is 180 Å². The van der Waals surface area contributed by atoms with Gasteiger partial charge in [0.25, 0.3) is 0 Å². The molecule has 30 heavy (non-hydrogen) atoms. The highest BCUT2D eigenvalue weighted by Crippen LogP contribution is 2.30. The van der Waals surface area contributed by atoms with Crippen LogP contribution in [-0.2, 0) is 10.0 Å². The van der Waals surface area contributed by atoms with Crippen LogP contribution in [0.15, 0.2) is 41.3 Å². The van der Waals surface area contributed by atoms with E-state index in [0.29, 0.717) is 11.4 Å². The summed E-state index contributed by atoms with van der Waals surface area (Å²) in [6.45, 7) is 7.37. The number of hydrogen-bond donors (Lipinski definition) is 2. The molecule has 0 aromatic heterocycles. The van der Waals surface area contributed by atoms with E-state index in [4.69, 9.17) is 5.73 Å². The molecule has 1 aliphatic heterocycles. The lowest BCUT2D eigenvalue weighted by atomic mass is 10.1. The molecule has 1 aliphatic rings. The van der Waals surface area contributed by atoms with Gasteiger partial charge in [0.15, 0.2) is 0 Å². The lowest BCUT2D eigenvalue weighted by molar-refractivity contribution is 0.131. The Morgan fingerprint density at radius 2 is 1.53 bits per heavy atom. The molecule has 166 valence electrons. The van der Waals surface area contributed by atoms with Gasteiger partial charge in [-0.05, 0) is 44.6 Å². The van der Waals surface area contributed by atoms with E-state index in [1.165, 1.54) is 0 Å². The highest BCUT2D eigenvalue weighted by atomic mass is 32.2. The molecule has 0 atom stereocenters. The van der Waals surface area contributed by atoms with E-state index in [-0.39, 0.29) is 0 Å². The Morgan fingerprint density at radius 3 is 2.17 bits per heavy atom. The highest BCUT2D eigenvalue weighted by Gasteiger charge is 2.19. The van der Waals surface area contributed by atoms with Crippen LogP contribution in [-0.4, -0.2) is 84.7 Å². The van der Waals surface area contributed by atoms with Crippen molar-refractivity contribution in [1.29, 1.82) is 0 Å². The minimum absolute atomic E-state index is 0.345. The maximum Gasteiger partial charge on any atom is 0.241 e. The number of sulfonamides is 1. The number of rotatable bonds is 10. The van der Waals surface area contributed by atoms with Crippen molar-refractivity contribution < 1.29 is 8.42 Å². The standard InChI is InChI=1S/C22H35N5O2S/c1-25(2)21-9-3-8-20-19(21)7-4-10-22(20)30(28,29)24-12-6-14-27-17-15-26(16-18-27)13-5-11-23/h3-4,7-10,24H,5-6,11-18,23H2,1-2H3. The van der Waals surface area contributed by atoms with E-state index in [1.807, 2.05) is 49.3 Å². The topological polar surface area (TPSA) is 81.9 Å². The molecule has 0 radical (unpaired) electrons. The summed E-state index contributed by atoms with van der Waals surface area (Å²) in [5.74, 6) is 0. The van der Waals surface area contributed by atoms with Crippen LogP contribution in [0.1, 0.15) is 12.8 Å². The highest BCUT2D eigenvalue weighted by molar-refractivity contribution is 7.89. The van der Waals surface area contributed by atoms with E-state index in [0.717, 1.165) is 75.1 Å². The lowest BCUT2D eigenvalue weighted by Crippen LogP contribution is -2.47. The summed E-state index contributed by atoms with van der Waals surface area (Å²) >= 11 is 0. The van der Waals surface area contributed by atoms with Gasteiger partial charge >= 0.3 is 0 Å². The normalized spacial score (nSPS) is 16.2. The SMILES string of the molecule is CN(C)c1cccc2c(S(=O)(=O)NCCCN3CCN(CCCN)CC3)cccc12. The number of piperazine rings is 1. The third-order valence-corrected chi connectivity index (χ3v) is 7.24. The van der Waals surface area contributed by atoms with Crippen LogP contribution < -0.4 is 15.4 Å². The Morgan fingerprint density at radius 1 is 0.933 bits per heavy atom. The average molecular weight is 434 g/mol. The monoisotopic (exact) mass is 433 g/mol. The molecule has 2 aromatic carbocycles. The number of nitrogens with one attached hydrogen (secondary N) is 1. The van der Waals surface area contributed by atoms with Gasteiger partial charge in [-0.3, -0.25) is 0 Å². The number of anilines is 1. The third kappa shape index (κ3) is 5.70. The Kier molecular flexibility index (Phi) is 8.07. The van der Waals surface area contributed by atoms with Gasteiger partial charge in [-0.1, -0.05) is 24.3 Å². The van der Waals surface area contributed by atoms with Crippen LogP contribution in [0.4, 0.5) is 5.69 Å². The molecule has 0 saturated carbocycles. The van der Waals surface area contributed by atoms with Crippen molar-refractivity contribution >= 4 is 26.5 Å². The fraction of sp³-hybridized carbons (Fsp3) is 0.545. The van der Waals surface area contributed by atoms with Crippen molar-refractivity contribution in [1.82, 2.24) is 14.5 Å². The van der Waals surface area contributed by atoms with Gasteiger partial charge in [0.1, 0.15) is 0 Å². The maximum atomic E-state index is 13.0. The summed E-state index contributed by atoms with van der Waals surface area (Å²) in [4.78, 5) is 7.21. The molecule has 0 spiro atoms. The van der Waals surface area contributed by atoms with E-state index < -0.39 is 10.0 Å². The van der Waals surface area contributed by atoms with Crippen molar-refractivity contribution in [2.24, 2.45) is 5.73 Å². The third-order valence-electron chi connectivity index (χ3n) is 5.72. The molecule has 0 amide bonds. The van der Waals surface area contributed by atoms with E-state index in [1.54, 1.807) is 6.07 Å². The van der Waals surface area contributed by atoms with Crippen LogP contribution in [0.3, 0.4) is 0 Å². The second-order valence-corrected chi connectivity index (χ2v) is 9.84. The number of benzene rings is 2. The molecule has 0 bridgehead atoms. The van der Waals surface area contributed by atoms with Crippen LogP contribution in [0.25, 0.3) is 10.8 Å². The van der Waals surface area contributed by atoms with Gasteiger partial charge in [-0.2, -0.15) is 0 Å². The zero-order chi connectivity index (χ0) is 21.6. The number of nitrogens with zero attached hydrogens (tertiary/aromatic N) is 3. The number of hydrogen-bond acceptors (Lipinski definition) is 6. The zero-order valence-electron chi connectivity index (χ0n) is 18.2. The molecule has 0 aliphatic carbocycles. The lowest BCUT2D eigenvalue weighted by Gasteiger charge is -2.34. The molecule has 1 heterocycles. The zero-order valence-corrected chi connectivity index (χ0v) is 19.0. The largest absolute Gasteiger partial charge is 0.377 e. The average Bonchev–Trinajstić information content (AvgIpc) is 2.75. The van der Waals surface area contributed by atoms with Crippen LogP contribution >= 0.6 is 0 Å². The summed E-state index contributed by atoms with van der Waals surface area (Å²) in [6, 6.07) is 11.3. The van der Waals surface area contributed by atoms with Crippen LogP contribution in [0, 0.1) is 0 Å². The first kappa shape index (κ1) is 23.0. The Balaban J connectivity index is 1.55. The van der Waals surface area contributed by atoms with Crippen molar-refractivity contribution in [3.63, 3.8) is 0 Å². The minimum atomic E-state index is -3.56. The van der Waals surface area contributed by atoms with Crippen molar-refractivity contribution in [2.75, 3.05) is 71.4 Å². The summed E-state index contributed by atoms with van der Waals surface area (Å²) in [6.07, 6.45) is 1.85. The van der Waals surface area contributed by atoms with Gasteiger partial charge in [0, 0.05) is 63.3 Å². The predicted octanol–water partition coefficient (Wildman–Crippen LogP) is 1.54.